The minimum Gasteiger partial charge on any atom is -0.478 e. The standard InChI is InChI=1S/C18H24N2O4/c1-12(2)20-15-5-4-13(16(21)22)10-14(15)11-18(20,3)17(23)19-6-8-24-9-7-19/h4-5,10,12H,6-9,11H2,1-3H3,(H,21,22). The third-order valence-corrected chi connectivity index (χ3v) is 4.93. The number of rotatable bonds is 3. The number of morpholine rings is 1. The summed E-state index contributed by atoms with van der Waals surface area (Å²) in [7, 11) is 0. The van der Waals surface area contributed by atoms with Gasteiger partial charge in [-0.3, -0.25) is 4.79 Å². The van der Waals surface area contributed by atoms with Crippen molar-refractivity contribution in [3.63, 3.8) is 0 Å². The second-order valence-corrected chi connectivity index (χ2v) is 6.97. The summed E-state index contributed by atoms with van der Waals surface area (Å²) in [6.07, 6.45) is 0.526. The van der Waals surface area contributed by atoms with Crippen LogP contribution in [-0.2, 0) is 16.0 Å². The Bertz CT molecular complexity index is 667. The third kappa shape index (κ3) is 2.65. The van der Waals surface area contributed by atoms with Crippen molar-refractivity contribution in [3.05, 3.63) is 29.3 Å². The maximum absolute atomic E-state index is 13.2. The molecule has 130 valence electrons. The van der Waals surface area contributed by atoms with Crippen LogP contribution in [0.4, 0.5) is 5.69 Å². The number of ether oxygens (including phenoxy) is 1. The van der Waals surface area contributed by atoms with Crippen molar-refractivity contribution in [1.29, 1.82) is 0 Å². The average Bonchev–Trinajstić information content (AvgIpc) is 2.87. The first-order chi connectivity index (χ1) is 11.3. The molecule has 0 bridgehead atoms. The molecule has 2 aliphatic rings. The van der Waals surface area contributed by atoms with Gasteiger partial charge in [0.1, 0.15) is 5.54 Å². The smallest absolute Gasteiger partial charge is 0.335 e. The van der Waals surface area contributed by atoms with E-state index in [4.69, 9.17) is 4.74 Å². The maximum atomic E-state index is 13.2. The molecule has 0 aromatic heterocycles. The van der Waals surface area contributed by atoms with Crippen LogP contribution in [0, 0.1) is 0 Å². The fourth-order valence-electron chi connectivity index (χ4n) is 3.95. The lowest BCUT2D eigenvalue weighted by molar-refractivity contribution is -0.140. The first-order valence-corrected chi connectivity index (χ1v) is 8.37. The number of benzene rings is 1. The molecule has 1 atom stereocenters. The van der Waals surface area contributed by atoms with Crippen molar-refractivity contribution in [2.24, 2.45) is 0 Å². The minimum absolute atomic E-state index is 0.0903. The fraction of sp³-hybridized carbons (Fsp3) is 0.556. The lowest BCUT2D eigenvalue weighted by Gasteiger charge is -2.42. The lowest BCUT2D eigenvalue weighted by atomic mass is 9.93. The molecule has 6 heteroatoms. The van der Waals surface area contributed by atoms with Gasteiger partial charge in [0.05, 0.1) is 18.8 Å². The van der Waals surface area contributed by atoms with Gasteiger partial charge in [-0.05, 0) is 44.5 Å². The highest BCUT2D eigenvalue weighted by Gasteiger charge is 2.48. The summed E-state index contributed by atoms with van der Waals surface area (Å²) in [5.41, 5.74) is 1.46. The summed E-state index contributed by atoms with van der Waals surface area (Å²) in [4.78, 5) is 28.5. The monoisotopic (exact) mass is 332 g/mol. The van der Waals surface area contributed by atoms with Crippen LogP contribution in [0.3, 0.4) is 0 Å². The first kappa shape index (κ1) is 16.8. The quantitative estimate of drug-likeness (QED) is 0.913. The van der Waals surface area contributed by atoms with Gasteiger partial charge in [-0.25, -0.2) is 4.79 Å². The second kappa shape index (κ2) is 6.09. The number of carboxylic acids is 1. The molecule has 24 heavy (non-hydrogen) atoms. The molecule has 1 unspecified atom stereocenters. The zero-order valence-corrected chi connectivity index (χ0v) is 14.4. The Kier molecular flexibility index (Phi) is 4.25. The highest BCUT2D eigenvalue weighted by molar-refractivity contribution is 5.94. The Morgan fingerprint density at radius 2 is 1.92 bits per heavy atom. The molecule has 0 saturated carbocycles. The Hall–Kier alpha value is -2.08. The molecule has 1 fully saturated rings. The number of anilines is 1. The normalized spacial score (nSPS) is 23.5. The Labute approximate surface area is 142 Å². The molecular formula is C18H24N2O4. The summed E-state index contributed by atoms with van der Waals surface area (Å²) < 4.78 is 5.35. The van der Waals surface area contributed by atoms with E-state index in [-0.39, 0.29) is 17.5 Å². The Morgan fingerprint density at radius 3 is 2.50 bits per heavy atom. The van der Waals surface area contributed by atoms with E-state index in [1.165, 1.54) is 0 Å². The molecular weight excluding hydrogens is 308 g/mol. The zero-order chi connectivity index (χ0) is 17.5. The molecule has 1 saturated heterocycles. The van der Waals surface area contributed by atoms with Gasteiger partial charge in [-0.15, -0.1) is 0 Å². The Morgan fingerprint density at radius 1 is 1.25 bits per heavy atom. The number of hydrogen-bond acceptors (Lipinski definition) is 4. The van der Waals surface area contributed by atoms with Crippen molar-refractivity contribution in [3.8, 4) is 0 Å². The Balaban J connectivity index is 1.98. The number of carbonyl (C=O) groups is 2. The van der Waals surface area contributed by atoms with Crippen molar-refractivity contribution < 1.29 is 19.4 Å². The molecule has 0 radical (unpaired) electrons. The van der Waals surface area contributed by atoms with Crippen molar-refractivity contribution in [1.82, 2.24) is 4.90 Å². The van der Waals surface area contributed by atoms with Crippen LogP contribution in [0.25, 0.3) is 0 Å². The topological polar surface area (TPSA) is 70.1 Å². The number of carbonyl (C=O) groups excluding carboxylic acids is 1. The highest BCUT2D eigenvalue weighted by atomic mass is 16.5. The van der Waals surface area contributed by atoms with Crippen LogP contribution in [0.5, 0.6) is 0 Å². The minimum atomic E-state index is -0.943. The predicted molar refractivity (Wildman–Crippen MR) is 90.5 cm³/mol. The molecule has 1 aromatic rings. The fourth-order valence-corrected chi connectivity index (χ4v) is 3.95. The van der Waals surface area contributed by atoms with Crippen molar-refractivity contribution >= 4 is 17.6 Å². The largest absolute Gasteiger partial charge is 0.478 e. The van der Waals surface area contributed by atoms with E-state index in [2.05, 4.69) is 18.7 Å². The lowest BCUT2D eigenvalue weighted by Crippen LogP contribution is -2.60. The molecule has 1 amide bonds. The molecule has 1 N–H and O–H groups in total. The van der Waals surface area contributed by atoms with Crippen LogP contribution in [-0.4, -0.2) is 59.8 Å². The summed E-state index contributed by atoms with van der Waals surface area (Å²) in [5, 5.41) is 9.23. The summed E-state index contributed by atoms with van der Waals surface area (Å²) in [6.45, 7) is 8.44. The molecule has 3 rings (SSSR count). The number of amides is 1. The zero-order valence-electron chi connectivity index (χ0n) is 14.4. The average molecular weight is 332 g/mol. The first-order valence-electron chi connectivity index (χ1n) is 8.37. The van der Waals surface area contributed by atoms with E-state index in [9.17, 15) is 14.7 Å². The van der Waals surface area contributed by atoms with E-state index in [1.807, 2.05) is 17.9 Å². The van der Waals surface area contributed by atoms with E-state index in [0.29, 0.717) is 32.7 Å². The van der Waals surface area contributed by atoms with Crippen molar-refractivity contribution in [2.75, 3.05) is 31.2 Å². The molecule has 2 aliphatic heterocycles. The molecule has 2 heterocycles. The number of carboxylic acid groups (broad SMARTS) is 1. The van der Waals surface area contributed by atoms with E-state index in [0.717, 1.165) is 11.3 Å². The number of fused-ring (bicyclic) bond motifs is 1. The maximum Gasteiger partial charge on any atom is 0.335 e. The molecule has 1 aromatic carbocycles. The number of nitrogens with zero attached hydrogens (tertiary/aromatic N) is 2. The van der Waals surface area contributed by atoms with Gasteiger partial charge in [0.25, 0.3) is 0 Å². The number of hydrogen-bond donors (Lipinski definition) is 1. The van der Waals surface area contributed by atoms with Gasteiger partial charge in [0.15, 0.2) is 0 Å². The van der Waals surface area contributed by atoms with Crippen molar-refractivity contribution in [2.45, 2.75) is 38.8 Å². The third-order valence-electron chi connectivity index (χ3n) is 4.93. The molecule has 0 aliphatic carbocycles. The SMILES string of the molecule is CC(C)N1c2ccc(C(=O)O)cc2CC1(C)C(=O)N1CCOCC1. The van der Waals surface area contributed by atoms with Gasteiger partial charge >= 0.3 is 5.97 Å². The van der Waals surface area contributed by atoms with Gasteiger partial charge < -0.3 is 19.6 Å². The summed E-state index contributed by atoms with van der Waals surface area (Å²) in [5.74, 6) is -0.852. The molecule has 6 nitrogen and oxygen atoms in total. The summed E-state index contributed by atoms with van der Waals surface area (Å²) in [6, 6.07) is 5.28. The van der Waals surface area contributed by atoms with E-state index in [1.54, 1.807) is 12.1 Å². The van der Waals surface area contributed by atoms with Gasteiger partial charge in [-0.2, -0.15) is 0 Å². The van der Waals surface area contributed by atoms with Crippen LogP contribution in [0.1, 0.15) is 36.7 Å². The highest BCUT2D eigenvalue weighted by Crippen LogP contribution is 2.42. The summed E-state index contributed by atoms with van der Waals surface area (Å²) >= 11 is 0. The second-order valence-electron chi connectivity index (χ2n) is 6.97. The van der Waals surface area contributed by atoms with Crippen LogP contribution in [0.15, 0.2) is 18.2 Å². The van der Waals surface area contributed by atoms with E-state index >= 15 is 0 Å². The van der Waals surface area contributed by atoms with Crippen LogP contribution in [0.2, 0.25) is 0 Å². The van der Waals surface area contributed by atoms with Gasteiger partial charge in [0, 0.05) is 31.2 Å². The van der Waals surface area contributed by atoms with Gasteiger partial charge in [0.2, 0.25) is 5.91 Å². The molecule has 0 spiro atoms. The predicted octanol–water partition coefficient (Wildman–Crippen LogP) is 1.77. The van der Waals surface area contributed by atoms with Gasteiger partial charge in [-0.1, -0.05) is 0 Å². The van der Waals surface area contributed by atoms with E-state index < -0.39 is 11.5 Å². The number of aromatic carboxylic acids is 1. The van der Waals surface area contributed by atoms with Crippen LogP contribution < -0.4 is 4.90 Å². The van der Waals surface area contributed by atoms with Crippen LogP contribution >= 0.6 is 0 Å².